The Balaban J connectivity index is 2.04. The fourth-order valence-corrected chi connectivity index (χ4v) is 3.44. The number of aromatic amines is 1. The van der Waals surface area contributed by atoms with Crippen LogP contribution in [-0.2, 0) is 12.8 Å². The number of aromatic nitrogens is 1. The number of methoxy groups -OCH3 is 1. The van der Waals surface area contributed by atoms with Crippen LogP contribution < -0.4 is 4.74 Å². The highest BCUT2D eigenvalue weighted by molar-refractivity contribution is 5.86. The van der Waals surface area contributed by atoms with Gasteiger partial charge in [0.25, 0.3) is 0 Å². The molecule has 0 fully saturated rings. The topological polar surface area (TPSA) is 28.3 Å². The van der Waals surface area contributed by atoms with Crippen LogP contribution in [0, 0.1) is 0 Å². The van der Waals surface area contributed by atoms with E-state index in [2.05, 4.69) is 41.9 Å². The predicted octanol–water partition coefficient (Wildman–Crippen LogP) is 3.38. The summed E-state index contributed by atoms with van der Waals surface area (Å²) in [5.41, 5.74) is 4.15. The van der Waals surface area contributed by atoms with Crippen molar-refractivity contribution in [2.45, 2.75) is 39.2 Å². The van der Waals surface area contributed by atoms with Gasteiger partial charge in [0.15, 0.2) is 0 Å². The number of fused-ring (bicyclic) bond motifs is 3. The minimum Gasteiger partial charge on any atom is -0.497 e. The van der Waals surface area contributed by atoms with Gasteiger partial charge in [0.1, 0.15) is 5.75 Å². The minimum absolute atomic E-state index is 0.611. The SMILES string of the molecule is CCN1CCCc2[nH]c3cc(OC)ccc3c2CC1C. The lowest BCUT2D eigenvalue weighted by Crippen LogP contribution is -2.36. The van der Waals surface area contributed by atoms with Crippen molar-refractivity contribution in [1.82, 2.24) is 9.88 Å². The van der Waals surface area contributed by atoms with Gasteiger partial charge in [-0.25, -0.2) is 0 Å². The molecule has 2 aromatic rings. The van der Waals surface area contributed by atoms with E-state index in [4.69, 9.17) is 4.74 Å². The number of hydrogen-bond donors (Lipinski definition) is 1. The van der Waals surface area contributed by atoms with Crippen LogP contribution in [-0.4, -0.2) is 36.1 Å². The smallest absolute Gasteiger partial charge is 0.120 e. The normalized spacial score (nSPS) is 20.4. The molecule has 0 amide bonds. The Morgan fingerprint density at radius 2 is 2.25 bits per heavy atom. The van der Waals surface area contributed by atoms with Gasteiger partial charge in [-0.05, 0) is 57.0 Å². The third-order valence-electron chi connectivity index (χ3n) is 4.60. The fraction of sp³-hybridized carbons (Fsp3) is 0.529. The Morgan fingerprint density at radius 3 is 3.00 bits per heavy atom. The van der Waals surface area contributed by atoms with Crippen LogP contribution in [0.15, 0.2) is 18.2 Å². The van der Waals surface area contributed by atoms with E-state index in [1.54, 1.807) is 7.11 Å². The van der Waals surface area contributed by atoms with E-state index in [9.17, 15) is 0 Å². The molecular weight excluding hydrogens is 248 g/mol. The zero-order chi connectivity index (χ0) is 14.1. The molecule has 1 aromatic carbocycles. The fourth-order valence-electron chi connectivity index (χ4n) is 3.44. The number of nitrogens with one attached hydrogen (secondary N) is 1. The van der Waals surface area contributed by atoms with Gasteiger partial charge in [0.2, 0.25) is 0 Å². The minimum atomic E-state index is 0.611. The van der Waals surface area contributed by atoms with E-state index in [0.717, 1.165) is 25.1 Å². The van der Waals surface area contributed by atoms with Crippen LogP contribution in [0.3, 0.4) is 0 Å². The zero-order valence-corrected chi connectivity index (χ0v) is 12.7. The summed E-state index contributed by atoms with van der Waals surface area (Å²) in [6.07, 6.45) is 3.51. The average Bonchev–Trinajstić information content (AvgIpc) is 2.78. The molecule has 0 aliphatic carbocycles. The maximum Gasteiger partial charge on any atom is 0.120 e. The van der Waals surface area contributed by atoms with Crippen molar-refractivity contribution in [2.24, 2.45) is 0 Å². The van der Waals surface area contributed by atoms with E-state index in [1.807, 2.05) is 0 Å². The van der Waals surface area contributed by atoms with E-state index in [1.165, 1.54) is 35.1 Å². The van der Waals surface area contributed by atoms with Gasteiger partial charge in [0.05, 0.1) is 7.11 Å². The first-order valence-electron chi connectivity index (χ1n) is 7.64. The molecule has 108 valence electrons. The number of likely N-dealkylation sites (N-methyl/N-ethyl adjacent to an activating group) is 1. The summed E-state index contributed by atoms with van der Waals surface area (Å²) in [4.78, 5) is 6.20. The maximum atomic E-state index is 5.33. The highest BCUT2D eigenvalue weighted by Crippen LogP contribution is 2.30. The monoisotopic (exact) mass is 272 g/mol. The molecule has 3 heteroatoms. The molecule has 2 heterocycles. The molecule has 1 aromatic heterocycles. The molecule has 20 heavy (non-hydrogen) atoms. The van der Waals surface area contributed by atoms with E-state index in [0.29, 0.717) is 6.04 Å². The van der Waals surface area contributed by atoms with Crippen molar-refractivity contribution >= 4 is 10.9 Å². The lowest BCUT2D eigenvalue weighted by atomic mass is 9.98. The molecule has 0 spiro atoms. The number of aryl methyl sites for hydroxylation is 1. The van der Waals surface area contributed by atoms with Crippen LogP contribution in [0.5, 0.6) is 5.75 Å². The molecule has 0 saturated heterocycles. The number of ether oxygens (including phenoxy) is 1. The van der Waals surface area contributed by atoms with Crippen LogP contribution >= 0.6 is 0 Å². The molecule has 1 unspecified atom stereocenters. The van der Waals surface area contributed by atoms with E-state index >= 15 is 0 Å². The molecule has 0 radical (unpaired) electrons. The average molecular weight is 272 g/mol. The number of H-pyrrole nitrogens is 1. The lowest BCUT2D eigenvalue weighted by Gasteiger charge is -2.30. The molecule has 1 aliphatic rings. The second-order valence-electron chi connectivity index (χ2n) is 5.78. The number of hydrogen-bond acceptors (Lipinski definition) is 2. The first kappa shape index (κ1) is 13.5. The summed E-state index contributed by atoms with van der Waals surface area (Å²) < 4.78 is 5.33. The highest BCUT2D eigenvalue weighted by Gasteiger charge is 2.21. The molecule has 3 nitrogen and oxygen atoms in total. The number of rotatable bonds is 2. The van der Waals surface area contributed by atoms with Gasteiger partial charge in [-0.2, -0.15) is 0 Å². The molecule has 1 aliphatic heterocycles. The number of benzene rings is 1. The van der Waals surface area contributed by atoms with Crippen molar-refractivity contribution in [1.29, 1.82) is 0 Å². The van der Waals surface area contributed by atoms with Crippen molar-refractivity contribution in [3.05, 3.63) is 29.5 Å². The first-order valence-corrected chi connectivity index (χ1v) is 7.64. The Hall–Kier alpha value is -1.48. The predicted molar refractivity (Wildman–Crippen MR) is 83.6 cm³/mol. The number of nitrogens with zero attached hydrogens (tertiary/aromatic N) is 1. The molecule has 1 atom stereocenters. The third-order valence-corrected chi connectivity index (χ3v) is 4.60. The van der Waals surface area contributed by atoms with E-state index < -0.39 is 0 Å². The Labute approximate surface area is 120 Å². The molecule has 0 bridgehead atoms. The lowest BCUT2D eigenvalue weighted by molar-refractivity contribution is 0.211. The summed E-state index contributed by atoms with van der Waals surface area (Å²) in [5, 5.41) is 1.37. The van der Waals surface area contributed by atoms with Crippen LogP contribution in [0.2, 0.25) is 0 Å². The second-order valence-corrected chi connectivity index (χ2v) is 5.78. The Kier molecular flexibility index (Phi) is 3.70. The molecule has 3 rings (SSSR count). The van der Waals surface area contributed by atoms with Crippen molar-refractivity contribution in [3.8, 4) is 5.75 Å². The van der Waals surface area contributed by atoms with Crippen molar-refractivity contribution in [2.75, 3.05) is 20.2 Å². The summed E-state index contributed by atoms with van der Waals surface area (Å²) in [6, 6.07) is 6.99. The van der Waals surface area contributed by atoms with Gasteiger partial charge in [-0.3, -0.25) is 0 Å². The van der Waals surface area contributed by atoms with Crippen molar-refractivity contribution in [3.63, 3.8) is 0 Å². The maximum absolute atomic E-state index is 5.33. The Bertz CT molecular complexity index is 602. The quantitative estimate of drug-likeness (QED) is 0.908. The van der Waals surface area contributed by atoms with Crippen LogP contribution in [0.25, 0.3) is 10.9 Å². The largest absolute Gasteiger partial charge is 0.497 e. The molecule has 1 N–H and O–H groups in total. The first-order chi connectivity index (χ1) is 9.72. The van der Waals surface area contributed by atoms with E-state index in [-0.39, 0.29) is 0 Å². The zero-order valence-electron chi connectivity index (χ0n) is 12.7. The van der Waals surface area contributed by atoms with Crippen molar-refractivity contribution < 1.29 is 4.74 Å². The molecular formula is C17H24N2O. The standard InChI is InChI=1S/C17H24N2O/c1-4-19-9-5-6-16-15(10-12(19)2)14-8-7-13(20-3)11-17(14)18-16/h7-8,11-12,18H,4-6,9-10H2,1-3H3. The summed E-state index contributed by atoms with van der Waals surface area (Å²) in [5.74, 6) is 0.926. The van der Waals surface area contributed by atoms with Crippen LogP contribution in [0.1, 0.15) is 31.5 Å². The van der Waals surface area contributed by atoms with Gasteiger partial charge in [-0.1, -0.05) is 6.92 Å². The van der Waals surface area contributed by atoms with Gasteiger partial charge in [0, 0.05) is 28.7 Å². The van der Waals surface area contributed by atoms with Gasteiger partial charge in [-0.15, -0.1) is 0 Å². The third kappa shape index (κ3) is 2.31. The Morgan fingerprint density at radius 1 is 1.40 bits per heavy atom. The van der Waals surface area contributed by atoms with Crippen LogP contribution in [0.4, 0.5) is 0 Å². The second kappa shape index (κ2) is 5.49. The molecule has 0 saturated carbocycles. The summed E-state index contributed by atoms with van der Waals surface area (Å²) in [7, 11) is 1.72. The van der Waals surface area contributed by atoms with Gasteiger partial charge < -0.3 is 14.6 Å². The summed E-state index contributed by atoms with van der Waals surface area (Å²) >= 11 is 0. The summed E-state index contributed by atoms with van der Waals surface area (Å²) in [6.45, 7) is 6.96. The highest BCUT2D eigenvalue weighted by atomic mass is 16.5. The van der Waals surface area contributed by atoms with Gasteiger partial charge >= 0.3 is 0 Å².